The predicted molar refractivity (Wildman–Crippen MR) is 130 cm³/mol. The summed E-state index contributed by atoms with van der Waals surface area (Å²) < 4.78 is 6.21. The van der Waals surface area contributed by atoms with Crippen molar-refractivity contribution in [3.05, 3.63) is 70.1 Å². The highest BCUT2D eigenvalue weighted by molar-refractivity contribution is 6.30. The van der Waals surface area contributed by atoms with E-state index >= 15 is 0 Å². The number of carbonyl (C=O) groups excluding carboxylic acids is 1. The van der Waals surface area contributed by atoms with Crippen LogP contribution in [0.5, 0.6) is 0 Å². The number of rotatable bonds is 4. The molecule has 1 amide bonds. The number of benzene rings is 1. The molecule has 1 unspecified atom stereocenters. The normalized spacial score (nSPS) is 23.8. The molecular weight excluding hydrogens is 434 g/mol. The van der Waals surface area contributed by atoms with Crippen LogP contribution in [0.25, 0.3) is 11.3 Å². The van der Waals surface area contributed by atoms with Gasteiger partial charge in [-0.05, 0) is 80.0 Å². The van der Waals surface area contributed by atoms with Crippen LogP contribution in [0.3, 0.4) is 0 Å². The van der Waals surface area contributed by atoms with Crippen molar-refractivity contribution in [1.82, 2.24) is 15.1 Å². The molecule has 0 bridgehead atoms. The van der Waals surface area contributed by atoms with Crippen LogP contribution < -0.4 is 5.32 Å². The quantitative estimate of drug-likeness (QED) is 0.701. The molecule has 1 aromatic carbocycles. The number of allylic oxidation sites excluding steroid dienone is 1. The Hall–Kier alpha value is -2.34. The van der Waals surface area contributed by atoms with E-state index in [4.69, 9.17) is 16.0 Å². The molecule has 1 aromatic heterocycles. The van der Waals surface area contributed by atoms with Gasteiger partial charge in [0, 0.05) is 60.6 Å². The van der Waals surface area contributed by atoms with E-state index in [0.717, 1.165) is 74.6 Å². The first-order chi connectivity index (χ1) is 16.2. The SMILES string of the molecule is O=C1c2oc(-c3ccc(Cl)cc3)cc2CCC2=C(C=CC(N3CCNCC3)C2)N1CC1CC1. The summed E-state index contributed by atoms with van der Waals surface area (Å²) in [5.41, 5.74) is 4.50. The van der Waals surface area contributed by atoms with Crippen molar-refractivity contribution in [2.75, 3.05) is 32.7 Å². The van der Waals surface area contributed by atoms with Gasteiger partial charge in [0.15, 0.2) is 5.76 Å². The summed E-state index contributed by atoms with van der Waals surface area (Å²) in [5, 5.41) is 4.14. The Bertz CT molecular complexity index is 1110. The monoisotopic (exact) mass is 463 g/mol. The van der Waals surface area contributed by atoms with E-state index in [1.807, 2.05) is 29.2 Å². The van der Waals surface area contributed by atoms with Gasteiger partial charge < -0.3 is 14.6 Å². The molecule has 1 N–H and O–H groups in total. The van der Waals surface area contributed by atoms with Crippen molar-refractivity contribution in [3.63, 3.8) is 0 Å². The number of halogens is 1. The van der Waals surface area contributed by atoms with Crippen molar-refractivity contribution in [2.24, 2.45) is 5.92 Å². The minimum absolute atomic E-state index is 0.00888. The van der Waals surface area contributed by atoms with E-state index in [2.05, 4.69) is 28.4 Å². The molecule has 2 aliphatic carbocycles. The van der Waals surface area contributed by atoms with Gasteiger partial charge in [-0.25, -0.2) is 0 Å². The summed E-state index contributed by atoms with van der Waals surface area (Å²) in [6, 6.07) is 10.1. The number of furan rings is 1. The second-order valence-electron chi connectivity index (χ2n) is 9.74. The van der Waals surface area contributed by atoms with Crippen molar-refractivity contribution in [2.45, 2.75) is 38.1 Å². The molecule has 1 saturated carbocycles. The number of nitrogens with one attached hydrogen (secondary N) is 1. The number of nitrogens with zero attached hydrogens (tertiary/aromatic N) is 2. The first-order valence-corrected chi connectivity index (χ1v) is 12.6. The minimum Gasteiger partial charge on any atom is -0.451 e. The van der Waals surface area contributed by atoms with Crippen molar-refractivity contribution >= 4 is 17.5 Å². The van der Waals surface area contributed by atoms with E-state index in [1.54, 1.807) is 0 Å². The maximum absolute atomic E-state index is 13.8. The van der Waals surface area contributed by atoms with Gasteiger partial charge in [0.2, 0.25) is 0 Å². The smallest absolute Gasteiger partial charge is 0.294 e. The molecule has 33 heavy (non-hydrogen) atoms. The average Bonchev–Trinajstić information content (AvgIpc) is 3.58. The van der Waals surface area contributed by atoms with E-state index in [9.17, 15) is 4.79 Å². The van der Waals surface area contributed by atoms with Gasteiger partial charge in [-0.3, -0.25) is 9.69 Å². The highest BCUT2D eigenvalue weighted by atomic mass is 35.5. The number of amides is 1. The Balaban J connectivity index is 1.32. The highest BCUT2D eigenvalue weighted by Crippen LogP contribution is 2.38. The fourth-order valence-corrected chi connectivity index (χ4v) is 5.46. The van der Waals surface area contributed by atoms with Gasteiger partial charge in [-0.15, -0.1) is 0 Å². The van der Waals surface area contributed by atoms with E-state index in [0.29, 0.717) is 22.7 Å². The highest BCUT2D eigenvalue weighted by Gasteiger charge is 2.36. The van der Waals surface area contributed by atoms with Gasteiger partial charge >= 0.3 is 0 Å². The third kappa shape index (κ3) is 4.30. The lowest BCUT2D eigenvalue weighted by atomic mass is 9.89. The summed E-state index contributed by atoms with van der Waals surface area (Å²) in [6.45, 7) is 5.05. The number of fused-ring (bicyclic) bond motifs is 1. The molecule has 2 aliphatic heterocycles. The molecule has 2 fully saturated rings. The topological polar surface area (TPSA) is 48.7 Å². The zero-order valence-electron chi connectivity index (χ0n) is 18.9. The molecule has 2 aromatic rings. The molecule has 6 rings (SSSR count). The number of piperazine rings is 1. The summed E-state index contributed by atoms with van der Waals surface area (Å²) in [5.74, 6) is 1.86. The Kier molecular flexibility index (Phi) is 5.65. The summed E-state index contributed by atoms with van der Waals surface area (Å²) in [6.07, 6.45) is 9.76. The Morgan fingerprint density at radius 1 is 1.09 bits per heavy atom. The maximum atomic E-state index is 13.8. The van der Waals surface area contributed by atoms with E-state index < -0.39 is 0 Å². The van der Waals surface area contributed by atoms with Crippen LogP contribution in [0.1, 0.15) is 41.8 Å². The lowest BCUT2D eigenvalue weighted by Gasteiger charge is -2.38. The Morgan fingerprint density at radius 2 is 1.88 bits per heavy atom. The molecular formula is C27H30ClN3O2. The Labute approximate surface area is 200 Å². The van der Waals surface area contributed by atoms with Crippen LogP contribution >= 0.6 is 11.6 Å². The average molecular weight is 464 g/mol. The molecule has 4 aliphatic rings. The molecule has 5 nitrogen and oxygen atoms in total. The lowest BCUT2D eigenvalue weighted by Crippen LogP contribution is -2.48. The number of carbonyl (C=O) groups is 1. The molecule has 3 heterocycles. The van der Waals surface area contributed by atoms with Crippen molar-refractivity contribution < 1.29 is 9.21 Å². The van der Waals surface area contributed by atoms with Crippen LogP contribution in [0.2, 0.25) is 5.02 Å². The number of hydrogen-bond acceptors (Lipinski definition) is 4. The third-order valence-corrected chi connectivity index (χ3v) is 7.67. The van der Waals surface area contributed by atoms with Crippen molar-refractivity contribution in [3.8, 4) is 11.3 Å². The first kappa shape index (κ1) is 21.2. The van der Waals surface area contributed by atoms with Crippen LogP contribution in [0.4, 0.5) is 0 Å². The molecule has 1 saturated heterocycles. The van der Waals surface area contributed by atoms with Gasteiger partial charge in [-0.2, -0.15) is 0 Å². The lowest BCUT2D eigenvalue weighted by molar-refractivity contribution is 0.0766. The summed E-state index contributed by atoms with van der Waals surface area (Å²) >= 11 is 6.07. The Morgan fingerprint density at radius 3 is 2.64 bits per heavy atom. The molecule has 172 valence electrons. The summed E-state index contributed by atoms with van der Waals surface area (Å²) in [4.78, 5) is 18.4. The first-order valence-electron chi connectivity index (χ1n) is 12.2. The van der Waals surface area contributed by atoms with E-state index in [1.165, 1.54) is 18.4 Å². The maximum Gasteiger partial charge on any atom is 0.294 e. The van der Waals surface area contributed by atoms with Crippen LogP contribution in [0, 0.1) is 5.92 Å². The second-order valence-corrected chi connectivity index (χ2v) is 10.2. The zero-order chi connectivity index (χ0) is 22.4. The molecule has 0 radical (unpaired) electrons. The largest absolute Gasteiger partial charge is 0.451 e. The van der Waals surface area contributed by atoms with Gasteiger partial charge in [0.1, 0.15) is 5.76 Å². The minimum atomic E-state index is 0.00888. The van der Waals surface area contributed by atoms with Crippen LogP contribution in [-0.4, -0.2) is 54.5 Å². The predicted octanol–water partition coefficient (Wildman–Crippen LogP) is 4.89. The third-order valence-electron chi connectivity index (χ3n) is 7.42. The fourth-order valence-electron chi connectivity index (χ4n) is 5.33. The van der Waals surface area contributed by atoms with Gasteiger partial charge in [0.05, 0.1) is 0 Å². The fraction of sp³-hybridized carbons (Fsp3) is 0.444. The van der Waals surface area contributed by atoms with Gasteiger partial charge in [0.25, 0.3) is 5.91 Å². The molecule has 0 spiro atoms. The number of hydrogen-bond donors (Lipinski definition) is 1. The zero-order valence-corrected chi connectivity index (χ0v) is 19.6. The van der Waals surface area contributed by atoms with Crippen LogP contribution in [-0.2, 0) is 6.42 Å². The summed E-state index contributed by atoms with van der Waals surface area (Å²) in [7, 11) is 0. The van der Waals surface area contributed by atoms with Gasteiger partial charge in [-0.1, -0.05) is 17.7 Å². The van der Waals surface area contributed by atoms with Crippen molar-refractivity contribution in [1.29, 1.82) is 0 Å². The number of aryl methyl sites for hydroxylation is 1. The van der Waals surface area contributed by atoms with E-state index in [-0.39, 0.29) is 5.91 Å². The molecule has 1 atom stereocenters. The molecule has 6 heteroatoms. The van der Waals surface area contributed by atoms with Crippen LogP contribution in [0.15, 0.2) is 58.2 Å². The standard InChI is InChI=1S/C27H30ClN3O2/c28-22-7-5-19(6-8-22)25-16-21-4-3-20-15-23(30-13-11-29-12-14-30)9-10-24(20)31(17-18-1-2-18)27(32)26(21)33-25/h5-10,16,18,23,29H,1-4,11-15,17H2. The second kappa shape index (κ2) is 8.79.